The minimum absolute atomic E-state index is 0.202. The predicted molar refractivity (Wildman–Crippen MR) is 79.2 cm³/mol. The van der Waals surface area contributed by atoms with Crippen LogP contribution in [0.1, 0.15) is 20.8 Å². The highest BCUT2D eigenvalue weighted by Gasteiger charge is 2.28. The van der Waals surface area contributed by atoms with Gasteiger partial charge in [-0.3, -0.25) is 4.79 Å². The van der Waals surface area contributed by atoms with Crippen LogP contribution in [0.25, 0.3) is 11.1 Å². The summed E-state index contributed by atoms with van der Waals surface area (Å²) >= 11 is 0. The third kappa shape index (κ3) is 2.94. The largest absolute Gasteiger partial charge is 0.442 e. The quantitative estimate of drug-likeness (QED) is 0.869. The highest BCUT2D eigenvalue weighted by Crippen LogP contribution is 2.22. The normalized spacial score (nSPS) is 11.5. The van der Waals surface area contributed by atoms with Gasteiger partial charge in [-0.2, -0.15) is 0 Å². The van der Waals surface area contributed by atoms with Crippen molar-refractivity contribution in [3.8, 4) is 11.1 Å². The van der Waals surface area contributed by atoms with Crippen molar-refractivity contribution in [2.75, 3.05) is 0 Å². The summed E-state index contributed by atoms with van der Waals surface area (Å²) in [7, 11) is 1.45. The molecule has 0 spiro atoms. The van der Waals surface area contributed by atoms with Crippen molar-refractivity contribution >= 4 is 11.9 Å². The molecule has 0 unspecified atom stereocenters. The Hall–Kier alpha value is -2.41. The molecular formula is C15H19FN3O3+. The molecule has 0 saturated heterocycles. The van der Waals surface area contributed by atoms with Crippen molar-refractivity contribution in [1.82, 2.24) is 9.36 Å². The fraction of sp³-hybridized carbons (Fsp3) is 0.333. The van der Waals surface area contributed by atoms with Crippen LogP contribution in [-0.2, 0) is 11.8 Å². The third-order valence-corrected chi connectivity index (χ3v) is 3.05. The number of aromatic nitrogens is 2. The lowest BCUT2D eigenvalue weighted by atomic mass is 10.1. The lowest BCUT2D eigenvalue weighted by Crippen LogP contribution is -2.46. The summed E-state index contributed by atoms with van der Waals surface area (Å²) in [5.74, 6) is -0.203. The summed E-state index contributed by atoms with van der Waals surface area (Å²) < 4.78 is 20.5. The van der Waals surface area contributed by atoms with Gasteiger partial charge in [0.15, 0.2) is 0 Å². The molecule has 118 valence electrons. The number of hydrogen-bond donors (Lipinski definition) is 1. The van der Waals surface area contributed by atoms with E-state index in [4.69, 9.17) is 4.74 Å². The van der Waals surface area contributed by atoms with Crippen molar-refractivity contribution in [3.63, 3.8) is 0 Å². The zero-order valence-electron chi connectivity index (χ0n) is 13.0. The summed E-state index contributed by atoms with van der Waals surface area (Å²) in [6.45, 7) is 5.20. The highest BCUT2D eigenvalue weighted by molar-refractivity contribution is 5.79. The summed E-state index contributed by atoms with van der Waals surface area (Å²) in [6, 6.07) is 5.44. The Morgan fingerprint density at radius 3 is 2.27 bits per heavy atom. The number of halogens is 1. The Bertz CT molecular complexity index is 767. The lowest BCUT2D eigenvalue weighted by molar-refractivity contribution is -0.263. The van der Waals surface area contributed by atoms with Gasteiger partial charge in [0.25, 0.3) is 5.56 Å². The molecule has 0 aliphatic heterocycles. The SMILES string of the molecule is Cn1c(=O)c(-c2ccc(F)cc2)c([NH3+])n1C(=O)OC(C)(C)C. The van der Waals surface area contributed by atoms with Crippen LogP contribution in [0.4, 0.5) is 15.0 Å². The summed E-state index contributed by atoms with van der Waals surface area (Å²) in [5.41, 5.74) is 3.44. The first-order chi connectivity index (χ1) is 10.1. The van der Waals surface area contributed by atoms with Crippen LogP contribution in [0.5, 0.6) is 0 Å². The first-order valence-corrected chi connectivity index (χ1v) is 6.75. The maximum atomic E-state index is 13.0. The number of benzene rings is 1. The Kier molecular flexibility index (Phi) is 3.93. The number of carbonyl (C=O) groups is 1. The van der Waals surface area contributed by atoms with Crippen molar-refractivity contribution in [2.24, 2.45) is 7.05 Å². The van der Waals surface area contributed by atoms with Crippen LogP contribution in [0, 0.1) is 5.82 Å². The van der Waals surface area contributed by atoms with Crippen LogP contribution < -0.4 is 11.3 Å². The summed E-state index contributed by atoms with van der Waals surface area (Å²) in [5, 5.41) is 0. The highest BCUT2D eigenvalue weighted by atomic mass is 19.1. The number of hydrogen-bond acceptors (Lipinski definition) is 3. The Morgan fingerprint density at radius 1 is 1.23 bits per heavy atom. The molecule has 6 nitrogen and oxygen atoms in total. The van der Waals surface area contributed by atoms with E-state index in [1.54, 1.807) is 20.8 Å². The molecule has 0 fully saturated rings. The number of carbonyl (C=O) groups excluding carboxylic acids is 1. The van der Waals surface area contributed by atoms with E-state index in [-0.39, 0.29) is 11.4 Å². The number of nitrogens with zero attached hydrogens (tertiary/aromatic N) is 2. The third-order valence-electron chi connectivity index (χ3n) is 3.05. The summed E-state index contributed by atoms with van der Waals surface area (Å²) in [4.78, 5) is 24.6. The van der Waals surface area contributed by atoms with Crippen molar-refractivity contribution in [2.45, 2.75) is 26.4 Å². The standard InChI is InChI=1S/C15H18FN3O3/c1-15(2,3)22-14(21)19-12(17)11(13(20)18(19)4)9-5-7-10(16)8-6-9/h5-8H,17H2,1-4H3/p+1. The fourth-order valence-electron chi connectivity index (χ4n) is 2.11. The Labute approximate surface area is 126 Å². The van der Waals surface area contributed by atoms with E-state index >= 15 is 0 Å². The molecule has 0 saturated carbocycles. The van der Waals surface area contributed by atoms with Gasteiger partial charge in [-0.25, -0.2) is 13.9 Å². The van der Waals surface area contributed by atoms with E-state index in [2.05, 4.69) is 5.73 Å². The minimum atomic E-state index is -0.695. The van der Waals surface area contributed by atoms with Gasteiger partial charge >= 0.3 is 6.09 Å². The first-order valence-electron chi connectivity index (χ1n) is 6.75. The van der Waals surface area contributed by atoms with E-state index in [1.165, 1.54) is 31.3 Å². The van der Waals surface area contributed by atoms with E-state index in [9.17, 15) is 14.0 Å². The average Bonchev–Trinajstić information content (AvgIpc) is 2.60. The second-order valence-electron chi connectivity index (χ2n) is 5.95. The minimum Gasteiger partial charge on any atom is -0.442 e. The monoisotopic (exact) mass is 308 g/mol. The predicted octanol–water partition coefficient (Wildman–Crippen LogP) is 1.65. The van der Waals surface area contributed by atoms with Gasteiger partial charge in [0.05, 0.1) is 0 Å². The Morgan fingerprint density at radius 2 is 1.77 bits per heavy atom. The maximum absolute atomic E-state index is 13.0. The van der Waals surface area contributed by atoms with Gasteiger partial charge in [-0.05, 0) is 38.5 Å². The zero-order valence-corrected chi connectivity index (χ0v) is 13.0. The van der Waals surface area contributed by atoms with Crippen molar-refractivity contribution in [1.29, 1.82) is 0 Å². The van der Waals surface area contributed by atoms with Gasteiger partial charge in [-0.1, -0.05) is 12.1 Å². The van der Waals surface area contributed by atoms with E-state index in [1.807, 2.05) is 0 Å². The summed E-state index contributed by atoms with van der Waals surface area (Å²) in [6.07, 6.45) is -0.689. The van der Waals surface area contributed by atoms with Gasteiger partial charge in [0, 0.05) is 7.05 Å². The molecule has 1 aromatic heterocycles. The van der Waals surface area contributed by atoms with Crippen LogP contribution in [0.2, 0.25) is 0 Å². The smallest absolute Gasteiger partial charge is 0.438 e. The molecule has 0 aliphatic carbocycles. The number of rotatable bonds is 1. The van der Waals surface area contributed by atoms with Gasteiger partial charge in [0.1, 0.15) is 17.0 Å². The zero-order chi connectivity index (χ0) is 16.7. The topological polar surface area (TPSA) is 80.9 Å². The van der Waals surface area contributed by atoms with Gasteiger partial charge < -0.3 is 10.5 Å². The second kappa shape index (κ2) is 5.42. The molecule has 0 aliphatic rings. The number of ether oxygens (including phenoxy) is 1. The molecule has 2 aromatic rings. The molecule has 3 N–H and O–H groups in total. The number of quaternary nitrogens is 1. The molecule has 7 heteroatoms. The van der Waals surface area contributed by atoms with E-state index < -0.39 is 23.1 Å². The van der Waals surface area contributed by atoms with Crippen LogP contribution >= 0.6 is 0 Å². The first kappa shape index (κ1) is 16.0. The van der Waals surface area contributed by atoms with Gasteiger partial charge in [-0.15, -0.1) is 4.68 Å². The Balaban J connectivity index is 2.56. The molecule has 0 radical (unpaired) electrons. The molecule has 0 amide bonds. The van der Waals surface area contributed by atoms with Crippen molar-refractivity contribution < 1.29 is 19.7 Å². The van der Waals surface area contributed by atoms with Crippen LogP contribution in [0.15, 0.2) is 29.1 Å². The molecule has 0 atom stereocenters. The molecule has 22 heavy (non-hydrogen) atoms. The molecule has 1 heterocycles. The second-order valence-corrected chi connectivity index (χ2v) is 5.95. The molecular weight excluding hydrogens is 289 g/mol. The van der Waals surface area contributed by atoms with Crippen LogP contribution in [-0.4, -0.2) is 21.1 Å². The van der Waals surface area contributed by atoms with E-state index in [0.717, 1.165) is 9.36 Å². The fourth-order valence-corrected chi connectivity index (χ4v) is 2.11. The van der Waals surface area contributed by atoms with E-state index in [0.29, 0.717) is 5.56 Å². The maximum Gasteiger partial charge on any atom is 0.438 e. The average molecular weight is 308 g/mol. The van der Waals surface area contributed by atoms with Crippen molar-refractivity contribution in [3.05, 3.63) is 40.4 Å². The molecule has 2 rings (SSSR count). The van der Waals surface area contributed by atoms with Crippen LogP contribution in [0.3, 0.4) is 0 Å². The molecule has 1 aromatic carbocycles. The van der Waals surface area contributed by atoms with Gasteiger partial charge in [0.2, 0.25) is 5.82 Å². The molecule has 0 bridgehead atoms. The lowest BCUT2D eigenvalue weighted by Gasteiger charge is -2.19.